The van der Waals surface area contributed by atoms with Crippen LogP contribution in [0.3, 0.4) is 0 Å². The predicted molar refractivity (Wildman–Crippen MR) is 87.2 cm³/mol. The van der Waals surface area contributed by atoms with Gasteiger partial charge in [-0.05, 0) is 17.2 Å². The zero-order valence-electron chi connectivity index (χ0n) is 12.0. The lowest BCUT2D eigenvalue weighted by Gasteiger charge is -2.31. The van der Waals surface area contributed by atoms with Crippen LogP contribution in [0.4, 0.5) is 0 Å². The molecule has 1 unspecified atom stereocenters. The van der Waals surface area contributed by atoms with Crippen molar-refractivity contribution in [3.63, 3.8) is 0 Å². The molecule has 0 aliphatic heterocycles. The highest BCUT2D eigenvalue weighted by atomic mass is 35.5. The van der Waals surface area contributed by atoms with Crippen molar-refractivity contribution in [1.29, 1.82) is 0 Å². The van der Waals surface area contributed by atoms with Gasteiger partial charge in [0.05, 0.1) is 6.61 Å². The number of hydrogen-bond acceptors (Lipinski definition) is 3. The molecule has 0 fully saturated rings. The SMILES string of the molecule is NCC(c1ccccc1Cl)N(CCO)Cc1ccccc1. The van der Waals surface area contributed by atoms with Crippen LogP contribution in [0.5, 0.6) is 0 Å². The minimum atomic E-state index is -0.00828. The van der Waals surface area contributed by atoms with Crippen molar-refractivity contribution in [2.75, 3.05) is 19.7 Å². The summed E-state index contributed by atoms with van der Waals surface area (Å²) in [5, 5.41) is 10.1. The quantitative estimate of drug-likeness (QED) is 0.827. The summed E-state index contributed by atoms with van der Waals surface area (Å²) in [6.07, 6.45) is 0. The number of benzene rings is 2. The van der Waals surface area contributed by atoms with Gasteiger partial charge in [-0.25, -0.2) is 0 Å². The van der Waals surface area contributed by atoms with E-state index >= 15 is 0 Å². The van der Waals surface area contributed by atoms with E-state index in [4.69, 9.17) is 17.3 Å². The van der Waals surface area contributed by atoms with Gasteiger partial charge >= 0.3 is 0 Å². The van der Waals surface area contributed by atoms with Crippen molar-refractivity contribution in [2.45, 2.75) is 12.6 Å². The third-order valence-corrected chi connectivity index (χ3v) is 3.89. The predicted octanol–water partition coefficient (Wildman–Crippen LogP) is 2.83. The Balaban J connectivity index is 2.24. The first-order valence-electron chi connectivity index (χ1n) is 7.09. The van der Waals surface area contributed by atoms with E-state index in [1.54, 1.807) is 0 Å². The molecule has 0 aromatic heterocycles. The van der Waals surface area contributed by atoms with Gasteiger partial charge in [0.15, 0.2) is 0 Å². The number of halogens is 1. The Labute approximate surface area is 131 Å². The molecule has 0 bridgehead atoms. The smallest absolute Gasteiger partial charge is 0.0558 e. The van der Waals surface area contributed by atoms with Crippen LogP contribution in [-0.2, 0) is 6.54 Å². The molecule has 0 heterocycles. The molecule has 0 saturated carbocycles. The van der Waals surface area contributed by atoms with Gasteiger partial charge in [0.25, 0.3) is 0 Å². The monoisotopic (exact) mass is 304 g/mol. The topological polar surface area (TPSA) is 49.5 Å². The van der Waals surface area contributed by atoms with Crippen LogP contribution in [0.2, 0.25) is 5.02 Å². The van der Waals surface area contributed by atoms with E-state index in [-0.39, 0.29) is 12.6 Å². The summed E-state index contributed by atoms with van der Waals surface area (Å²) in [6.45, 7) is 1.83. The number of aliphatic hydroxyl groups excluding tert-OH is 1. The molecule has 21 heavy (non-hydrogen) atoms. The fraction of sp³-hybridized carbons (Fsp3) is 0.294. The van der Waals surface area contributed by atoms with E-state index in [1.165, 1.54) is 5.56 Å². The van der Waals surface area contributed by atoms with Gasteiger partial charge in [-0.15, -0.1) is 0 Å². The fourth-order valence-electron chi connectivity index (χ4n) is 2.51. The number of aliphatic hydroxyl groups is 1. The summed E-state index contributed by atoms with van der Waals surface area (Å²) >= 11 is 6.30. The molecule has 0 spiro atoms. The molecule has 2 aromatic rings. The van der Waals surface area contributed by atoms with E-state index in [0.29, 0.717) is 18.1 Å². The Kier molecular flexibility index (Phi) is 6.21. The van der Waals surface area contributed by atoms with Gasteiger partial charge in [-0.3, -0.25) is 4.90 Å². The third-order valence-electron chi connectivity index (χ3n) is 3.54. The Morgan fingerprint density at radius 2 is 1.71 bits per heavy atom. The molecule has 3 nitrogen and oxygen atoms in total. The molecule has 4 heteroatoms. The van der Waals surface area contributed by atoms with Crippen molar-refractivity contribution >= 4 is 11.6 Å². The molecule has 0 aliphatic rings. The van der Waals surface area contributed by atoms with Crippen molar-refractivity contribution < 1.29 is 5.11 Å². The highest BCUT2D eigenvalue weighted by Crippen LogP contribution is 2.27. The van der Waals surface area contributed by atoms with Gasteiger partial charge in [-0.1, -0.05) is 60.1 Å². The van der Waals surface area contributed by atoms with Gasteiger partial charge in [0.2, 0.25) is 0 Å². The van der Waals surface area contributed by atoms with Crippen LogP contribution in [0.1, 0.15) is 17.2 Å². The number of rotatable bonds is 7. The Morgan fingerprint density at radius 3 is 2.33 bits per heavy atom. The molecular weight excluding hydrogens is 284 g/mol. The normalized spacial score (nSPS) is 12.6. The molecule has 2 rings (SSSR count). The lowest BCUT2D eigenvalue weighted by Crippen LogP contribution is -2.35. The summed E-state index contributed by atoms with van der Waals surface area (Å²) < 4.78 is 0. The first kappa shape index (κ1) is 16.0. The van der Waals surface area contributed by atoms with Crippen LogP contribution < -0.4 is 5.73 Å². The van der Waals surface area contributed by atoms with Crippen molar-refractivity contribution in [3.05, 3.63) is 70.7 Å². The molecule has 112 valence electrons. The lowest BCUT2D eigenvalue weighted by atomic mass is 10.0. The number of hydrogen-bond donors (Lipinski definition) is 2. The highest BCUT2D eigenvalue weighted by Gasteiger charge is 2.20. The van der Waals surface area contributed by atoms with E-state index in [0.717, 1.165) is 12.1 Å². The summed E-state index contributed by atoms with van der Waals surface area (Å²) in [4.78, 5) is 2.16. The Bertz CT molecular complexity index is 547. The van der Waals surface area contributed by atoms with E-state index in [1.807, 2.05) is 42.5 Å². The standard InChI is InChI=1S/C17H21ClN2O/c18-16-9-5-4-8-15(16)17(12-19)20(10-11-21)13-14-6-2-1-3-7-14/h1-9,17,21H,10-13,19H2. The molecular formula is C17H21ClN2O. The summed E-state index contributed by atoms with van der Waals surface area (Å²) in [5.74, 6) is 0. The summed E-state index contributed by atoms with van der Waals surface area (Å²) in [6, 6.07) is 17.9. The maximum absolute atomic E-state index is 9.36. The Hall–Kier alpha value is -1.39. The first-order chi connectivity index (χ1) is 10.3. The third kappa shape index (κ3) is 4.29. The number of nitrogens with zero attached hydrogens (tertiary/aromatic N) is 1. The second kappa shape index (κ2) is 8.15. The average Bonchev–Trinajstić information content (AvgIpc) is 2.51. The zero-order chi connectivity index (χ0) is 15.1. The molecule has 1 atom stereocenters. The highest BCUT2D eigenvalue weighted by molar-refractivity contribution is 6.31. The minimum Gasteiger partial charge on any atom is -0.395 e. The van der Waals surface area contributed by atoms with Crippen molar-refractivity contribution in [1.82, 2.24) is 4.90 Å². The van der Waals surface area contributed by atoms with Crippen molar-refractivity contribution in [3.8, 4) is 0 Å². The largest absolute Gasteiger partial charge is 0.395 e. The average molecular weight is 305 g/mol. The molecule has 0 radical (unpaired) electrons. The van der Waals surface area contributed by atoms with Crippen LogP contribution in [0.25, 0.3) is 0 Å². The Morgan fingerprint density at radius 1 is 1.05 bits per heavy atom. The maximum atomic E-state index is 9.36. The van der Waals surface area contributed by atoms with Crippen LogP contribution >= 0.6 is 11.6 Å². The summed E-state index contributed by atoms with van der Waals surface area (Å²) in [5.41, 5.74) is 8.17. The number of nitrogens with two attached hydrogens (primary N) is 1. The second-order valence-corrected chi connectivity index (χ2v) is 5.36. The van der Waals surface area contributed by atoms with Gasteiger partial charge < -0.3 is 10.8 Å². The van der Waals surface area contributed by atoms with E-state index in [9.17, 15) is 5.11 Å². The van der Waals surface area contributed by atoms with Gasteiger partial charge in [0, 0.05) is 30.7 Å². The van der Waals surface area contributed by atoms with E-state index in [2.05, 4.69) is 17.0 Å². The molecule has 0 aliphatic carbocycles. The molecule has 0 amide bonds. The maximum Gasteiger partial charge on any atom is 0.0558 e. The first-order valence-corrected chi connectivity index (χ1v) is 7.47. The summed E-state index contributed by atoms with van der Waals surface area (Å²) in [7, 11) is 0. The van der Waals surface area contributed by atoms with E-state index < -0.39 is 0 Å². The lowest BCUT2D eigenvalue weighted by molar-refractivity contribution is 0.146. The molecule has 3 N–H and O–H groups in total. The van der Waals surface area contributed by atoms with Crippen LogP contribution in [-0.4, -0.2) is 29.7 Å². The second-order valence-electron chi connectivity index (χ2n) is 4.95. The van der Waals surface area contributed by atoms with Gasteiger partial charge in [-0.2, -0.15) is 0 Å². The van der Waals surface area contributed by atoms with Crippen LogP contribution in [0, 0.1) is 0 Å². The van der Waals surface area contributed by atoms with Crippen LogP contribution in [0.15, 0.2) is 54.6 Å². The molecule has 0 saturated heterocycles. The molecule has 2 aromatic carbocycles. The zero-order valence-corrected chi connectivity index (χ0v) is 12.7. The minimum absolute atomic E-state index is 0.00828. The fourth-order valence-corrected chi connectivity index (χ4v) is 2.77. The van der Waals surface area contributed by atoms with Crippen molar-refractivity contribution in [2.24, 2.45) is 5.73 Å². The van der Waals surface area contributed by atoms with Gasteiger partial charge in [0.1, 0.15) is 0 Å².